The first-order valence-electron chi connectivity index (χ1n) is 7.26. The van der Waals surface area contributed by atoms with E-state index < -0.39 is 0 Å². The lowest BCUT2D eigenvalue weighted by Crippen LogP contribution is -2.26. The first kappa shape index (κ1) is 15.0. The first-order valence-corrected chi connectivity index (χ1v) is 8.24. The van der Waals surface area contributed by atoms with Gasteiger partial charge in [-0.3, -0.25) is 4.79 Å². The number of allylic oxidation sites excluding steroid dienone is 2. The van der Waals surface area contributed by atoms with Gasteiger partial charge in [0.2, 0.25) is 0 Å². The van der Waals surface area contributed by atoms with E-state index in [4.69, 9.17) is 4.74 Å². The van der Waals surface area contributed by atoms with E-state index in [1.165, 1.54) is 10.6 Å². The second-order valence-electron chi connectivity index (χ2n) is 5.40. The Kier molecular flexibility index (Phi) is 4.12. The molecule has 3 rings (SSSR count). The number of rotatable bonds is 4. The summed E-state index contributed by atoms with van der Waals surface area (Å²) in [4.78, 5) is 16.1. The lowest BCUT2D eigenvalue weighted by atomic mass is 10.0. The van der Waals surface area contributed by atoms with E-state index in [1.807, 2.05) is 36.4 Å². The Bertz CT molecular complexity index is 767. The van der Waals surface area contributed by atoms with E-state index in [9.17, 15) is 4.79 Å². The number of hydrogen-bond acceptors (Lipinski definition) is 4. The zero-order valence-corrected chi connectivity index (χ0v) is 13.9. The number of nitrogens with zero attached hydrogens (tertiary/aromatic N) is 1. The summed E-state index contributed by atoms with van der Waals surface area (Å²) in [5, 5.41) is 2.06. The van der Waals surface area contributed by atoms with Crippen molar-refractivity contribution in [3.05, 3.63) is 52.6 Å². The summed E-state index contributed by atoms with van der Waals surface area (Å²) in [6, 6.07) is 11.8. The van der Waals surface area contributed by atoms with Crippen LogP contribution in [0.5, 0.6) is 5.75 Å². The van der Waals surface area contributed by atoms with Crippen LogP contribution in [0, 0.1) is 0 Å². The Labute approximate surface area is 134 Å². The number of carbonyl (C=O) groups excluding carboxylic acids is 1. The van der Waals surface area contributed by atoms with E-state index in [0.29, 0.717) is 17.9 Å². The van der Waals surface area contributed by atoms with Crippen molar-refractivity contribution in [2.24, 2.45) is 0 Å². The summed E-state index contributed by atoms with van der Waals surface area (Å²) in [5.74, 6) is 1.62. The van der Waals surface area contributed by atoms with Crippen molar-refractivity contribution in [1.82, 2.24) is 4.90 Å². The molecule has 4 heteroatoms. The number of benzene rings is 2. The Hall–Kier alpha value is -1.94. The topological polar surface area (TPSA) is 29.5 Å². The molecule has 114 valence electrons. The third-order valence-corrected chi connectivity index (χ3v) is 5.31. The molecule has 1 heterocycles. The number of hydrogen-bond donors (Lipinski definition) is 0. The van der Waals surface area contributed by atoms with E-state index in [1.54, 1.807) is 18.9 Å². The van der Waals surface area contributed by atoms with Gasteiger partial charge in [-0.25, -0.2) is 0 Å². The summed E-state index contributed by atoms with van der Waals surface area (Å²) >= 11 is 1.79. The highest BCUT2D eigenvalue weighted by Gasteiger charge is 2.22. The molecular weight excluding hydrogens is 294 g/mol. The van der Waals surface area contributed by atoms with Crippen molar-refractivity contribution in [3.63, 3.8) is 0 Å². The van der Waals surface area contributed by atoms with Gasteiger partial charge in [-0.2, -0.15) is 0 Å². The average molecular weight is 313 g/mol. The predicted octanol–water partition coefficient (Wildman–Crippen LogP) is 4.29. The smallest absolute Gasteiger partial charge is 0.185 e. The quantitative estimate of drug-likeness (QED) is 0.788. The minimum absolute atomic E-state index is 0.0947. The number of ketones is 1. The summed E-state index contributed by atoms with van der Waals surface area (Å²) in [7, 11) is 1.62. The maximum Gasteiger partial charge on any atom is 0.185 e. The number of ether oxygens (including phenoxy) is 1. The summed E-state index contributed by atoms with van der Waals surface area (Å²) in [5.41, 5.74) is 1.85. The van der Waals surface area contributed by atoms with E-state index in [-0.39, 0.29) is 5.78 Å². The molecule has 0 atom stereocenters. The molecule has 0 N–H and O–H groups in total. The molecule has 0 spiro atoms. The summed E-state index contributed by atoms with van der Waals surface area (Å²) in [6.45, 7) is 4.56. The number of fused-ring (bicyclic) bond motifs is 1. The van der Waals surface area contributed by atoms with Crippen LogP contribution in [0.3, 0.4) is 0 Å². The van der Waals surface area contributed by atoms with Crippen molar-refractivity contribution < 1.29 is 9.53 Å². The molecule has 0 bridgehead atoms. The van der Waals surface area contributed by atoms with Gasteiger partial charge in [0, 0.05) is 16.0 Å². The summed E-state index contributed by atoms with van der Waals surface area (Å²) in [6.07, 6.45) is 0. The maximum atomic E-state index is 12.7. The highest BCUT2D eigenvalue weighted by Crippen LogP contribution is 2.33. The van der Waals surface area contributed by atoms with E-state index in [0.717, 1.165) is 16.6 Å². The van der Waals surface area contributed by atoms with Gasteiger partial charge in [0.1, 0.15) is 5.75 Å². The standard InChI is InChI=1S/C18H19NO2S/c1-12-13(2)22-11-19(12)10-17(20)16-9-8-14-6-4-5-7-15(14)18(16)21-3/h4-9H,10-11H2,1-3H3. The number of methoxy groups -OCH3 is 1. The van der Waals surface area contributed by atoms with Gasteiger partial charge in [0.05, 0.1) is 25.1 Å². The number of carbonyl (C=O) groups is 1. The van der Waals surface area contributed by atoms with Gasteiger partial charge in [-0.05, 0) is 25.3 Å². The molecule has 1 aliphatic rings. The molecule has 3 nitrogen and oxygen atoms in total. The van der Waals surface area contributed by atoms with Crippen molar-refractivity contribution in [2.45, 2.75) is 13.8 Å². The SMILES string of the molecule is COc1c(C(=O)CN2CSC(C)=C2C)ccc2ccccc12. The van der Waals surface area contributed by atoms with Crippen molar-refractivity contribution in [3.8, 4) is 5.75 Å². The molecule has 0 saturated carbocycles. The zero-order valence-electron chi connectivity index (χ0n) is 13.1. The van der Waals surface area contributed by atoms with E-state index >= 15 is 0 Å². The normalized spacial score (nSPS) is 14.8. The Morgan fingerprint density at radius 3 is 2.68 bits per heavy atom. The Morgan fingerprint density at radius 1 is 1.23 bits per heavy atom. The van der Waals surface area contributed by atoms with Crippen LogP contribution in [-0.4, -0.2) is 30.2 Å². The van der Waals surface area contributed by atoms with Crippen LogP contribution in [0.4, 0.5) is 0 Å². The molecule has 0 fully saturated rings. The second kappa shape index (κ2) is 6.05. The monoisotopic (exact) mass is 313 g/mol. The van der Waals surface area contributed by atoms with Crippen LogP contribution in [0.15, 0.2) is 47.0 Å². The van der Waals surface area contributed by atoms with Crippen LogP contribution in [0.1, 0.15) is 24.2 Å². The first-order chi connectivity index (χ1) is 10.6. The van der Waals surface area contributed by atoms with Gasteiger partial charge < -0.3 is 9.64 Å². The van der Waals surface area contributed by atoms with Crippen LogP contribution < -0.4 is 4.74 Å². The van der Waals surface area contributed by atoms with Crippen molar-refractivity contribution in [1.29, 1.82) is 0 Å². The highest BCUT2D eigenvalue weighted by atomic mass is 32.2. The average Bonchev–Trinajstić information content (AvgIpc) is 2.85. The molecule has 0 saturated heterocycles. The van der Waals surface area contributed by atoms with Crippen LogP contribution in [-0.2, 0) is 0 Å². The fourth-order valence-electron chi connectivity index (χ4n) is 2.70. The van der Waals surface area contributed by atoms with Crippen LogP contribution in [0.2, 0.25) is 0 Å². The van der Waals surface area contributed by atoms with Crippen molar-refractivity contribution in [2.75, 3.05) is 19.5 Å². The zero-order chi connectivity index (χ0) is 15.7. The van der Waals surface area contributed by atoms with E-state index in [2.05, 4.69) is 18.7 Å². The largest absolute Gasteiger partial charge is 0.495 e. The minimum Gasteiger partial charge on any atom is -0.495 e. The molecule has 0 radical (unpaired) electrons. The van der Waals surface area contributed by atoms with Crippen molar-refractivity contribution >= 4 is 28.3 Å². The summed E-state index contributed by atoms with van der Waals surface area (Å²) < 4.78 is 5.54. The molecule has 22 heavy (non-hydrogen) atoms. The van der Waals surface area contributed by atoms with Gasteiger partial charge in [-0.1, -0.05) is 30.3 Å². The second-order valence-corrected chi connectivity index (χ2v) is 6.56. The fourth-order valence-corrected chi connectivity index (χ4v) is 3.68. The molecule has 0 unspecified atom stereocenters. The minimum atomic E-state index is 0.0947. The number of thioether (sulfide) groups is 1. The van der Waals surface area contributed by atoms with Gasteiger partial charge in [0.15, 0.2) is 5.78 Å². The lowest BCUT2D eigenvalue weighted by molar-refractivity contribution is 0.0956. The molecular formula is C18H19NO2S. The molecule has 1 aliphatic heterocycles. The number of Topliss-reactive ketones (excluding diaryl/α,β-unsaturated/α-hetero) is 1. The molecule has 2 aromatic rings. The molecule has 0 amide bonds. The maximum absolute atomic E-state index is 12.7. The molecule has 2 aromatic carbocycles. The van der Waals surface area contributed by atoms with Crippen LogP contribution >= 0.6 is 11.8 Å². The van der Waals surface area contributed by atoms with Gasteiger partial charge >= 0.3 is 0 Å². The molecule has 0 aromatic heterocycles. The third-order valence-electron chi connectivity index (χ3n) is 4.14. The van der Waals surface area contributed by atoms with Gasteiger partial charge in [0.25, 0.3) is 0 Å². The highest BCUT2D eigenvalue weighted by molar-refractivity contribution is 8.03. The fraction of sp³-hybridized carbons (Fsp3) is 0.278. The molecule has 0 aliphatic carbocycles. The third kappa shape index (κ3) is 2.59. The Balaban J connectivity index is 1.94. The predicted molar refractivity (Wildman–Crippen MR) is 92.4 cm³/mol. The van der Waals surface area contributed by atoms with Crippen LogP contribution in [0.25, 0.3) is 10.8 Å². The van der Waals surface area contributed by atoms with Gasteiger partial charge in [-0.15, -0.1) is 11.8 Å². The Morgan fingerprint density at radius 2 is 2.00 bits per heavy atom. The lowest BCUT2D eigenvalue weighted by Gasteiger charge is -2.19.